The fraction of sp³-hybridized carbons (Fsp3) is 0.0323. The van der Waals surface area contributed by atoms with Gasteiger partial charge in [0.15, 0.2) is 0 Å². The molecule has 4 rings (SSSR count). The van der Waals surface area contributed by atoms with Crippen molar-refractivity contribution in [1.29, 1.82) is 0 Å². The van der Waals surface area contributed by atoms with Gasteiger partial charge in [0.25, 0.3) is 11.8 Å². The monoisotopic (exact) mass is 629 g/mol. The number of rotatable bonds is 10. The van der Waals surface area contributed by atoms with Crippen LogP contribution >= 0.6 is 27.7 Å². The predicted octanol–water partition coefficient (Wildman–Crippen LogP) is 6.29. The SMILES string of the molecule is O=C(CSc1cccc(NC(=O)/C(=C/c2ccc(Br)cc2)NC(=O)c2ccccc2)c1)Nc1cccc(C(=O)O)c1. The van der Waals surface area contributed by atoms with Crippen LogP contribution in [0.3, 0.4) is 0 Å². The summed E-state index contributed by atoms with van der Waals surface area (Å²) in [4.78, 5) is 50.4. The second-order valence-corrected chi connectivity index (χ2v) is 10.6. The number of anilines is 2. The van der Waals surface area contributed by atoms with Crippen LogP contribution in [0.15, 0.2) is 118 Å². The first-order chi connectivity index (χ1) is 19.8. The minimum atomic E-state index is -1.08. The third-order valence-corrected chi connectivity index (χ3v) is 7.09. The molecule has 10 heteroatoms. The van der Waals surface area contributed by atoms with E-state index in [1.807, 2.05) is 24.3 Å². The lowest BCUT2D eigenvalue weighted by atomic mass is 10.1. The lowest BCUT2D eigenvalue weighted by Crippen LogP contribution is -2.30. The Hall–Kier alpha value is -4.67. The smallest absolute Gasteiger partial charge is 0.335 e. The van der Waals surface area contributed by atoms with E-state index in [2.05, 4.69) is 31.9 Å². The van der Waals surface area contributed by atoms with E-state index >= 15 is 0 Å². The number of carbonyl (C=O) groups is 4. The Morgan fingerprint density at radius 2 is 1.41 bits per heavy atom. The van der Waals surface area contributed by atoms with Gasteiger partial charge in [0.05, 0.1) is 11.3 Å². The highest BCUT2D eigenvalue weighted by Gasteiger charge is 2.16. The summed E-state index contributed by atoms with van der Waals surface area (Å²) in [5.41, 5.74) is 2.13. The molecule has 8 nitrogen and oxygen atoms in total. The van der Waals surface area contributed by atoms with Gasteiger partial charge < -0.3 is 21.1 Å². The Morgan fingerprint density at radius 1 is 0.756 bits per heavy atom. The number of carbonyl (C=O) groups excluding carboxylic acids is 3. The van der Waals surface area contributed by atoms with Crippen LogP contribution < -0.4 is 16.0 Å². The van der Waals surface area contributed by atoms with Crippen molar-refractivity contribution < 1.29 is 24.3 Å². The predicted molar refractivity (Wildman–Crippen MR) is 164 cm³/mol. The van der Waals surface area contributed by atoms with Crippen LogP contribution in [0, 0.1) is 0 Å². The van der Waals surface area contributed by atoms with Gasteiger partial charge in [-0.05, 0) is 72.3 Å². The molecule has 0 radical (unpaired) electrons. The van der Waals surface area contributed by atoms with E-state index in [1.165, 1.54) is 23.9 Å². The van der Waals surface area contributed by atoms with E-state index in [9.17, 15) is 19.2 Å². The zero-order valence-electron chi connectivity index (χ0n) is 21.5. The Balaban J connectivity index is 1.43. The second kappa shape index (κ2) is 14.1. The molecule has 3 amide bonds. The second-order valence-electron chi connectivity index (χ2n) is 8.63. The number of carboxylic acids is 1. The zero-order chi connectivity index (χ0) is 29.2. The van der Waals surface area contributed by atoms with E-state index < -0.39 is 17.8 Å². The molecule has 0 bridgehead atoms. The number of hydrogen-bond acceptors (Lipinski definition) is 5. The fourth-order valence-electron chi connectivity index (χ4n) is 3.61. The maximum Gasteiger partial charge on any atom is 0.335 e. The van der Waals surface area contributed by atoms with Gasteiger partial charge in [-0.15, -0.1) is 11.8 Å². The Labute approximate surface area is 249 Å². The van der Waals surface area contributed by atoms with Crippen molar-refractivity contribution in [3.8, 4) is 0 Å². The van der Waals surface area contributed by atoms with Crippen molar-refractivity contribution in [3.05, 3.63) is 130 Å². The molecule has 4 aromatic rings. The van der Waals surface area contributed by atoms with E-state index in [-0.39, 0.29) is 22.9 Å². The molecular weight excluding hydrogens is 606 g/mol. The molecule has 206 valence electrons. The highest BCUT2D eigenvalue weighted by molar-refractivity contribution is 9.10. The van der Waals surface area contributed by atoms with Gasteiger partial charge in [-0.2, -0.15) is 0 Å². The molecule has 0 fully saturated rings. The van der Waals surface area contributed by atoms with Crippen molar-refractivity contribution in [2.45, 2.75) is 4.90 Å². The third kappa shape index (κ3) is 8.92. The highest BCUT2D eigenvalue weighted by Crippen LogP contribution is 2.23. The van der Waals surface area contributed by atoms with Crippen LogP contribution in [0.5, 0.6) is 0 Å². The molecule has 4 aromatic carbocycles. The summed E-state index contributed by atoms with van der Waals surface area (Å²) in [5, 5.41) is 17.3. The van der Waals surface area contributed by atoms with Crippen LogP contribution in [0.1, 0.15) is 26.3 Å². The van der Waals surface area contributed by atoms with E-state index in [4.69, 9.17) is 5.11 Å². The highest BCUT2D eigenvalue weighted by atomic mass is 79.9. The van der Waals surface area contributed by atoms with Crippen molar-refractivity contribution in [1.82, 2.24) is 5.32 Å². The summed E-state index contributed by atoms with van der Waals surface area (Å²) >= 11 is 4.64. The maximum absolute atomic E-state index is 13.3. The summed E-state index contributed by atoms with van der Waals surface area (Å²) in [6, 6.07) is 28.8. The van der Waals surface area contributed by atoms with Crippen molar-refractivity contribution in [2.75, 3.05) is 16.4 Å². The Morgan fingerprint density at radius 3 is 2.12 bits per heavy atom. The fourth-order valence-corrected chi connectivity index (χ4v) is 4.63. The summed E-state index contributed by atoms with van der Waals surface area (Å²) in [7, 11) is 0. The molecule has 0 saturated heterocycles. The van der Waals surface area contributed by atoms with Crippen LogP contribution in [-0.4, -0.2) is 34.6 Å². The molecule has 0 heterocycles. The number of aromatic carboxylic acids is 1. The first-order valence-corrected chi connectivity index (χ1v) is 14.1. The molecule has 41 heavy (non-hydrogen) atoms. The molecule has 0 aliphatic carbocycles. The zero-order valence-corrected chi connectivity index (χ0v) is 23.9. The lowest BCUT2D eigenvalue weighted by Gasteiger charge is -2.12. The number of carboxylic acid groups (broad SMARTS) is 1. The molecule has 0 aliphatic rings. The normalized spacial score (nSPS) is 10.9. The van der Waals surface area contributed by atoms with Crippen LogP contribution in [-0.2, 0) is 9.59 Å². The number of amides is 3. The number of halogens is 1. The van der Waals surface area contributed by atoms with Crippen LogP contribution in [0.25, 0.3) is 6.08 Å². The largest absolute Gasteiger partial charge is 0.478 e. The summed E-state index contributed by atoms with van der Waals surface area (Å²) in [6.45, 7) is 0. The lowest BCUT2D eigenvalue weighted by molar-refractivity contribution is -0.114. The number of nitrogens with one attached hydrogen (secondary N) is 3. The van der Waals surface area contributed by atoms with Crippen molar-refractivity contribution in [3.63, 3.8) is 0 Å². The van der Waals surface area contributed by atoms with Gasteiger partial charge in [0, 0.05) is 26.3 Å². The summed E-state index contributed by atoms with van der Waals surface area (Å²) in [6.07, 6.45) is 1.59. The molecule has 0 atom stereocenters. The standard InChI is InChI=1S/C31H24BrN3O5S/c32-23-14-12-20(13-15-23)16-27(35-29(37)21-6-2-1-3-7-21)30(38)34-25-10-5-11-26(18-25)41-19-28(36)33-24-9-4-8-22(17-24)31(39)40/h1-18H,19H2,(H,33,36)(H,34,38)(H,35,37)(H,39,40)/b27-16-. The maximum atomic E-state index is 13.3. The van der Waals surface area contributed by atoms with Gasteiger partial charge in [-0.1, -0.05) is 58.4 Å². The van der Waals surface area contributed by atoms with Crippen LogP contribution in [0.2, 0.25) is 0 Å². The van der Waals surface area contributed by atoms with Crippen LogP contribution in [0.4, 0.5) is 11.4 Å². The third-order valence-electron chi connectivity index (χ3n) is 5.56. The van der Waals surface area contributed by atoms with E-state index in [0.717, 1.165) is 14.9 Å². The minimum Gasteiger partial charge on any atom is -0.478 e. The van der Waals surface area contributed by atoms with Crippen molar-refractivity contribution in [2.24, 2.45) is 0 Å². The van der Waals surface area contributed by atoms with Gasteiger partial charge in [0.2, 0.25) is 5.91 Å². The number of hydrogen-bond donors (Lipinski definition) is 4. The molecule has 0 unspecified atom stereocenters. The topological polar surface area (TPSA) is 125 Å². The van der Waals surface area contributed by atoms with Gasteiger partial charge in [-0.25, -0.2) is 4.79 Å². The Kier molecular flexibility index (Phi) is 10.1. The van der Waals surface area contributed by atoms with E-state index in [0.29, 0.717) is 16.9 Å². The molecule has 0 saturated carbocycles. The quantitative estimate of drug-likeness (QED) is 0.121. The average molecular weight is 631 g/mol. The number of benzene rings is 4. The average Bonchev–Trinajstić information content (AvgIpc) is 2.97. The first-order valence-electron chi connectivity index (χ1n) is 12.3. The minimum absolute atomic E-state index is 0.0576. The molecule has 0 aliphatic heterocycles. The number of thioether (sulfide) groups is 1. The molecule has 4 N–H and O–H groups in total. The molecule has 0 spiro atoms. The molecular formula is C31H24BrN3O5S. The summed E-state index contributed by atoms with van der Waals surface area (Å²) in [5.74, 6) is -2.26. The van der Waals surface area contributed by atoms with Gasteiger partial charge >= 0.3 is 5.97 Å². The summed E-state index contributed by atoms with van der Waals surface area (Å²) < 4.78 is 0.880. The van der Waals surface area contributed by atoms with Gasteiger partial charge in [-0.3, -0.25) is 14.4 Å². The van der Waals surface area contributed by atoms with Crippen molar-refractivity contribution >= 4 is 68.8 Å². The Bertz CT molecular complexity index is 1610. The van der Waals surface area contributed by atoms with Gasteiger partial charge in [0.1, 0.15) is 5.70 Å². The first kappa shape index (κ1) is 29.3. The molecule has 0 aromatic heterocycles. The van der Waals surface area contributed by atoms with E-state index in [1.54, 1.807) is 72.8 Å².